The molecule has 0 fully saturated rings. The molecule has 0 radical (unpaired) electrons. The number of nitrogens with zero attached hydrogens (tertiary/aromatic N) is 2. The maximum atomic E-state index is 5.44. The molecule has 0 aliphatic carbocycles. The number of pyridine rings is 1. The predicted octanol–water partition coefficient (Wildman–Crippen LogP) is 3.94. The van der Waals surface area contributed by atoms with Gasteiger partial charge in [-0.15, -0.1) is 0 Å². The summed E-state index contributed by atoms with van der Waals surface area (Å²) >= 11 is 5.44. The van der Waals surface area contributed by atoms with Gasteiger partial charge >= 0.3 is 0 Å². The lowest BCUT2D eigenvalue weighted by Crippen LogP contribution is -2.28. The van der Waals surface area contributed by atoms with Gasteiger partial charge in [-0.05, 0) is 50.5 Å². The topological polar surface area (TPSA) is 33.6 Å². The summed E-state index contributed by atoms with van der Waals surface area (Å²) in [6, 6.07) is 2.10. The van der Waals surface area contributed by atoms with Crippen molar-refractivity contribution in [2.75, 3.05) is 0 Å². The monoisotopic (exact) mass is 249 g/mol. The fourth-order valence-corrected chi connectivity index (χ4v) is 2.58. The average molecular weight is 249 g/mol. The highest BCUT2D eigenvalue weighted by atomic mass is 32.1. The van der Waals surface area contributed by atoms with E-state index >= 15 is 0 Å². The van der Waals surface area contributed by atoms with Crippen molar-refractivity contribution in [1.82, 2.24) is 14.5 Å². The largest absolute Gasteiger partial charge is 0.329 e. The zero-order valence-electron chi connectivity index (χ0n) is 10.9. The SMILES string of the molecule is CCC(C)(CC)n1c(=S)[nH]c2cc(C)cnc21. The molecule has 0 aliphatic rings. The summed E-state index contributed by atoms with van der Waals surface area (Å²) in [4.78, 5) is 7.79. The van der Waals surface area contributed by atoms with Crippen LogP contribution in [0.2, 0.25) is 0 Å². The molecule has 0 aliphatic heterocycles. The van der Waals surface area contributed by atoms with Crippen LogP contribution in [-0.4, -0.2) is 14.5 Å². The highest BCUT2D eigenvalue weighted by Crippen LogP contribution is 2.28. The van der Waals surface area contributed by atoms with Gasteiger partial charge < -0.3 is 4.98 Å². The third-order valence-electron chi connectivity index (χ3n) is 3.72. The molecule has 0 saturated heterocycles. The van der Waals surface area contributed by atoms with E-state index in [-0.39, 0.29) is 5.54 Å². The molecule has 0 saturated carbocycles. The zero-order valence-corrected chi connectivity index (χ0v) is 11.7. The van der Waals surface area contributed by atoms with Crippen LogP contribution in [0.5, 0.6) is 0 Å². The number of hydrogen-bond acceptors (Lipinski definition) is 2. The van der Waals surface area contributed by atoms with Crippen molar-refractivity contribution in [2.45, 2.75) is 46.1 Å². The van der Waals surface area contributed by atoms with E-state index in [4.69, 9.17) is 12.2 Å². The standard InChI is InChI=1S/C13H19N3S/c1-5-13(4,6-2)16-11-10(15-12(16)17)7-9(3)8-14-11/h7-8H,5-6H2,1-4H3,(H,15,17). The number of aromatic nitrogens is 3. The first-order chi connectivity index (χ1) is 8.01. The van der Waals surface area contributed by atoms with Crippen molar-refractivity contribution >= 4 is 23.4 Å². The second-order valence-electron chi connectivity index (χ2n) is 4.85. The maximum absolute atomic E-state index is 5.44. The Balaban J connectivity index is 2.77. The van der Waals surface area contributed by atoms with E-state index in [1.807, 2.05) is 13.1 Å². The van der Waals surface area contributed by atoms with E-state index < -0.39 is 0 Å². The van der Waals surface area contributed by atoms with Crippen molar-refractivity contribution in [2.24, 2.45) is 0 Å². The fraction of sp³-hybridized carbons (Fsp3) is 0.538. The van der Waals surface area contributed by atoms with Crippen molar-refractivity contribution in [3.05, 3.63) is 22.6 Å². The van der Waals surface area contributed by atoms with Gasteiger partial charge in [0.05, 0.1) is 5.52 Å². The molecule has 2 heterocycles. The van der Waals surface area contributed by atoms with Crippen LogP contribution in [0.25, 0.3) is 11.2 Å². The van der Waals surface area contributed by atoms with Crippen LogP contribution in [0.15, 0.2) is 12.3 Å². The van der Waals surface area contributed by atoms with Gasteiger partial charge in [0.1, 0.15) is 0 Å². The quantitative estimate of drug-likeness (QED) is 0.836. The van der Waals surface area contributed by atoms with E-state index in [0.29, 0.717) is 0 Å². The van der Waals surface area contributed by atoms with E-state index in [1.54, 1.807) is 0 Å². The molecule has 0 spiro atoms. The number of hydrogen-bond donors (Lipinski definition) is 1. The minimum absolute atomic E-state index is 0.0393. The summed E-state index contributed by atoms with van der Waals surface area (Å²) in [5.74, 6) is 0. The van der Waals surface area contributed by atoms with E-state index in [9.17, 15) is 0 Å². The Morgan fingerprint density at radius 3 is 2.65 bits per heavy atom. The normalized spacial score (nSPS) is 12.2. The lowest BCUT2D eigenvalue weighted by molar-refractivity contribution is 0.298. The van der Waals surface area contributed by atoms with Crippen molar-refractivity contribution in [3.63, 3.8) is 0 Å². The van der Waals surface area contributed by atoms with Gasteiger partial charge in [-0.1, -0.05) is 13.8 Å². The van der Waals surface area contributed by atoms with Gasteiger partial charge in [-0.3, -0.25) is 4.57 Å². The molecule has 2 aromatic heterocycles. The Hall–Kier alpha value is -1.16. The van der Waals surface area contributed by atoms with Gasteiger partial charge in [0, 0.05) is 11.7 Å². The number of aryl methyl sites for hydroxylation is 1. The maximum Gasteiger partial charge on any atom is 0.179 e. The second-order valence-corrected chi connectivity index (χ2v) is 5.24. The van der Waals surface area contributed by atoms with E-state index in [2.05, 4.69) is 41.4 Å². The van der Waals surface area contributed by atoms with Gasteiger partial charge in [-0.2, -0.15) is 0 Å². The molecule has 2 rings (SSSR count). The van der Waals surface area contributed by atoms with E-state index in [1.165, 1.54) is 0 Å². The number of aromatic amines is 1. The van der Waals surface area contributed by atoms with Crippen molar-refractivity contribution < 1.29 is 0 Å². The second kappa shape index (κ2) is 4.26. The van der Waals surface area contributed by atoms with Crippen LogP contribution in [0.3, 0.4) is 0 Å². The van der Waals surface area contributed by atoms with Gasteiger partial charge in [0.25, 0.3) is 0 Å². The molecular weight excluding hydrogens is 230 g/mol. The van der Waals surface area contributed by atoms with E-state index in [0.717, 1.165) is 34.3 Å². The lowest BCUT2D eigenvalue weighted by atomic mass is 9.95. The fourth-order valence-electron chi connectivity index (χ4n) is 2.17. The Kier molecular flexibility index (Phi) is 3.08. The predicted molar refractivity (Wildman–Crippen MR) is 73.9 cm³/mol. The molecule has 0 atom stereocenters. The Morgan fingerprint density at radius 1 is 1.41 bits per heavy atom. The number of H-pyrrole nitrogens is 1. The smallest absolute Gasteiger partial charge is 0.179 e. The third-order valence-corrected chi connectivity index (χ3v) is 4.01. The minimum Gasteiger partial charge on any atom is -0.329 e. The average Bonchev–Trinajstić information content (AvgIpc) is 2.64. The summed E-state index contributed by atoms with van der Waals surface area (Å²) in [6.45, 7) is 8.66. The molecule has 92 valence electrons. The molecule has 0 bridgehead atoms. The lowest BCUT2D eigenvalue weighted by Gasteiger charge is -2.28. The minimum atomic E-state index is 0.0393. The van der Waals surface area contributed by atoms with Gasteiger partial charge in [0.15, 0.2) is 10.4 Å². The van der Waals surface area contributed by atoms with Crippen LogP contribution >= 0.6 is 12.2 Å². The molecule has 0 amide bonds. The zero-order chi connectivity index (χ0) is 12.6. The van der Waals surface area contributed by atoms with Crippen LogP contribution in [0.1, 0.15) is 39.2 Å². The van der Waals surface area contributed by atoms with Crippen molar-refractivity contribution in [1.29, 1.82) is 0 Å². The Labute approximate surface area is 107 Å². The summed E-state index contributed by atoms with van der Waals surface area (Å²) in [5, 5.41) is 0. The molecule has 0 aromatic carbocycles. The summed E-state index contributed by atoms with van der Waals surface area (Å²) in [6.07, 6.45) is 3.98. The summed E-state index contributed by atoms with van der Waals surface area (Å²) in [5.41, 5.74) is 3.18. The number of fused-ring (bicyclic) bond motifs is 1. The first-order valence-electron chi connectivity index (χ1n) is 6.09. The van der Waals surface area contributed by atoms with Crippen LogP contribution < -0.4 is 0 Å². The number of rotatable bonds is 3. The van der Waals surface area contributed by atoms with Gasteiger partial charge in [-0.25, -0.2) is 4.98 Å². The van der Waals surface area contributed by atoms with Crippen LogP contribution in [0.4, 0.5) is 0 Å². The molecule has 17 heavy (non-hydrogen) atoms. The highest BCUT2D eigenvalue weighted by Gasteiger charge is 2.25. The molecule has 4 heteroatoms. The molecular formula is C13H19N3S. The van der Waals surface area contributed by atoms with Crippen LogP contribution in [-0.2, 0) is 5.54 Å². The molecule has 0 unspecified atom stereocenters. The molecule has 2 aromatic rings. The third kappa shape index (κ3) is 1.90. The molecule has 3 nitrogen and oxygen atoms in total. The number of nitrogens with one attached hydrogen (secondary N) is 1. The van der Waals surface area contributed by atoms with Crippen LogP contribution in [0, 0.1) is 11.7 Å². The van der Waals surface area contributed by atoms with Crippen molar-refractivity contribution in [3.8, 4) is 0 Å². The highest BCUT2D eigenvalue weighted by molar-refractivity contribution is 7.71. The Morgan fingerprint density at radius 2 is 2.06 bits per heavy atom. The van der Waals surface area contributed by atoms with Gasteiger partial charge in [0.2, 0.25) is 0 Å². The summed E-state index contributed by atoms with van der Waals surface area (Å²) in [7, 11) is 0. The first-order valence-corrected chi connectivity index (χ1v) is 6.50. The molecule has 1 N–H and O–H groups in total. The first kappa shape index (κ1) is 12.3. The summed E-state index contributed by atoms with van der Waals surface area (Å²) < 4.78 is 2.93. The Bertz CT molecular complexity index is 590. The number of imidazole rings is 1.